The Bertz CT molecular complexity index is 999. The van der Waals surface area contributed by atoms with E-state index in [2.05, 4.69) is 21.2 Å². The minimum absolute atomic E-state index is 0.0958. The summed E-state index contributed by atoms with van der Waals surface area (Å²) in [5.41, 5.74) is 0.683. The molecule has 150 valence electrons. The van der Waals surface area contributed by atoms with Gasteiger partial charge < -0.3 is 9.47 Å². The number of urea groups is 1. The lowest BCUT2D eigenvalue weighted by molar-refractivity contribution is -0.122. The highest BCUT2D eigenvalue weighted by atomic mass is 79.9. The van der Waals surface area contributed by atoms with Crippen LogP contribution in [-0.4, -0.2) is 31.1 Å². The molecule has 2 aromatic rings. The van der Waals surface area contributed by atoms with Crippen molar-refractivity contribution in [3.05, 3.63) is 58.1 Å². The Balaban J connectivity index is 2.02. The van der Waals surface area contributed by atoms with Gasteiger partial charge in [-0.05, 0) is 62.4 Å². The summed E-state index contributed by atoms with van der Waals surface area (Å²) in [6.07, 6.45) is 1.32. The maximum absolute atomic E-state index is 13.0. The molecule has 0 aliphatic carbocycles. The number of barbiturate groups is 1. The smallest absolute Gasteiger partial charge is 0.335 e. The van der Waals surface area contributed by atoms with E-state index in [0.717, 1.165) is 9.37 Å². The Morgan fingerprint density at radius 2 is 1.76 bits per heavy atom. The number of benzene rings is 2. The summed E-state index contributed by atoms with van der Waals surface area (Å²) in [6.45, 7) is 3.75. The van der Waals surface area contributed by atoms with E-state index in [9.17, 15) is 14.4 Å². The van der Waals surface area contributed by atoms with E-state index in [1.807, 2.05) is 13.8 Å². The van der Waals surface area contributed by atoms with Gasteiger partial charge in [-0.25, -0.2) is 9.69 Å². The fourth-order valence-corrected chi connectivity index (χ4v) is 3.15. The topological polar surface area (TPSA) is 84.9 Å². The van der Waals surface area contributed by atoms with Gasteiger partial charge in [0.2, 0.25) is 0 Å². The Kier molecular flexibility index (Phi) is 6.03. The van der Waals surface area contributed by atoms with Crippen LogP contribution in [0.15, 0.2) is 52.5 Å². The van der Waals surface area contributed by atoms with E-state index in [4.69, 9.17) is 9.47 Å². The molecule has 0 aromatic heterocycles. The van der Waals surface area contributed by atoms with Crippen LogP contribution < -0.4 is 19.7 Å². The predicted octanol–water partition coefficient (Wildman–Crippen LogP) is 3.91. The van der Waals surface area contributed by atoms with Crippen LogP contribution in [0.5, 0.6) is 11.5 Å². The highest BCUT2D eigenvalue weighted by Gasteiger charge is 2.37. The molecule has 4 amide bonds. The molecule has 1 aliphatic heterocycles. The Morgan fingerprint density at radius 1 is 1.07 bits per heavy atom. The summed E-state index contributed by atoms with van der Waals surface area (Å²) >= 11 is 3.38. The van der Waals surface area contributed by atoms with Gasteiger partial charge in [-0.1, -0.05) is 15.9 Å². The van der Waals surface area contributed by atoms with Crippen molar-refractivity contribution in [2.24, 2.45) is 0 Å². The van der Waals surface area contributed by atoms with Crippen LogP contribution in [0.4, 0.5) is 10.5 Å². The van der Waals surface area contributed by atoms with E-state index >= 15 is 0 Å². The number of amides is 4. The molecule has 2 aromatic carbocycles. The van der Waals surface area contributed by atoms with Crippen molar-refractivity contribution in [2.45, 2.75) is 20.0 Å². The van der Waals surface area contributed by atoms with Gasteiger partial charge in [-0.2, -0.15) is 0 Å². The SMILES string of the molecule is COc1ccc(N2C(=O)NC(=O)/C(=C\c3cc(Br)ccc3OC(C)C)C2=O)cc1. The van der Waals surface area contributed by atoms with Gasteiger partial charge in [0.05, 0.1) is 18.9 Å². The van der Waals surface area contributed by atoms with E-state index in [1.54, 1.807) is 42.5 Å². The molecule has 0 bridgehead atoms. The quantitative estimate of drug-likeness (QED) is 0.542. The van der Waals surface area contributed by atoms with Gasteiger partial charge in [-0.15, -0.1) is 0 Å². The van der Waals surface area contributed by atoms with Crippen molar-refractivity contribution >= 4 is 45.5 Å². The number of anilines is 1. The van der Waals surface area contributed by atoms with Crippen molar-refractivity contribution < 1.29 is 23.9 Å². The van der Waals surface area contributed by atoms with Gasteiger partial charge in [0.1, 0.15) is 17.1 Å². The number of carbonyl (C=O) groups excluding carboxylic acids is 3. The largest absolute Gasteiger partial charge is 0.497 e. The van der Waals surface area contributed by atoms with Crippen LogP contribution in [0.25, 0.3) is 6.08 Å². The molecule has 0 atom stereocenters. The molecule has 0 spiro atoms. The van der Waals surface area contributed by atoms with Crippen LogP contribution in [0.1, 0.15) is 19.4 Å². The molecular formula is C21H19BrN2O5. The maximum atomic E-state index is 13.0. The number of imide groups is 2. The van der Waals surface area contributed by atoms with Crippen LogP contribution in [0, 0.1) is 0 Å². The van der Waals surface area contributed by atoms with Crippen LogP contribution in [-0.2, 0) is 9.59 Å². The molecule has 0 radical (unpaired) electrons. The molecule has 0 saturated carbocycles. The molecule has 1 heterocycles. The molecule has 1 fully saturated rings. The molecule has 1 saturated heterocycles. The summed E-state index contributed by atoms with van der Waals surface area (Å²) in [5, 5.41) is 2.21. The third-order valence-corrected chi connectivity index (χ3v) is 4.56. The molecule has 7 nitrogen and oxygen atoms in total. The minimum Gasteiger partial charge on any atom is -0.497 e. The second-order valence-corrected chi connectivity index (χ2v) is 7.42. The van der Waals surface area contributed by atoms with Crippen molar-refractivity contribution in [1.29, 1.82) is 0 Å². The molecule has 29 heavy (non-hydrogen) atoms. The molecule has 1 N–H and O–H groups in total. The summed E-state index contributed by atoms with van der Waals surface area (Å²) < 4.78 is 11.6. The first-order chi connectivity index (χ1) is 13.8. The highest BCUT2D eigenvalue weighted by Crippen LogP contribution is 2.29. The Morgan fingerprint density at radius 3 is 2.38 bits per heavy atom. The lowest BCUT2D eigenvalue weighted by Crippen LogP contribution is -2.54. The average Bonchev–Trinajstić information content (AvgIpc) is 2.67. The number of rotatable bonds is 5. The summed E-state index contributed by atoms with van der Waals surface area (Å²) in [4.78, 5) is 38.6. The number of hydrogen-bond donors (Lipinski definition) is 1. The predicted molar refractivity (Wildman–Crippen MR) is 112 cm³/mol. The third kappa shape index (κ3) is 4.48. The minimum atomic E-state index is -0.810. The number of methoxy groups -OCH3 is 1. The second-order valence-electron chi connectivity index (χ2n) is 6.50. The highest BCUT2D eigenvalue weighted by molar-refractivity contribution is 9.10. The number of halogens is 1. The van der Waals surface area contributed by atoms with Crippen molar-refractivity contribution in [3.8, 4) is 11.5 Å². The first-order valence-corrected chi connectivity index (χ1v) is 9.61. The number of hydrogen-bond acceptors (Lipinski definition) is 5. The lowest BCUT2D eigenvalue weighted by atomic mass is 10.1. The van der Waals surface area contributed by atoms with Gasteiger partial charge in [0.15, 0.2) is 0 Å². The van der Waals surface area contributed by atoms with E-state index in [-0.39, 0.29) is 11.7 Å². The van der Waals surface area contributed by atoms with Gasteiger partial charge in [-0.3, -0.25) is 14.9 Å². The molecule has 0 unspecified atom stereocenters. The second kappa shape index (κ2) is 8.48. The summed E-state index contributed by atoms with van der Waals surface area (Å²) in [5.74, 6) is -0.390. The number of nitrogens with one attached hydrogen (secondary N) is 1. The monoisotopic (exact) mass is 458 g/mol. The van der Waals surface area contributed by atoms with Crippen molar-refractivity contribution in [3.63, 3.8) is 0 Å². The zero-order chi connectivity index (χ0) is 21.1. The summed E-state index contributed by atoms with van der Waals surface area (Å²) in [7, 11) is 1.52. The fraction of sp³-hybridized carbons (Fsp3) is 0.190. The normalized spacial score (nSPS) is 15.7. The first-order valence-electron chi connectivity index (χ1n) is 8.82. The zero-order valence-electron chi connectivity index (χ0n) is 16.1. The Labute approximate surface area is 176 Å². The molecule has 3 rings (SSSR count). The molecule has 8 heteroatoms. The summed E-state index contributed by atoms with van der Waals surface area (Å²) in [6, 6.07) is 10.8. The molecule has 1 aliphatic rings. The average molecular weight is 459 g/mol. The van der Waals surface area contributed by atoms with E-state index in [1.165, 1.54) is 13.2 Å². The van der Waals surface area contributed by atoms with Crippen LogP contribution >= 0.6 is 15.9 Å². The lowest BCUT2D eigenvalue weighted by Gasteiger charge is -2.26. The number of ether oxygens (including phenoxy) is 2. The Hall–Kier alpha value is -3.13. The first kappa shape index (κ1) is 20.6. The van der Waals surface area contributed by atoms with Crippen LogP contribution in [0.2, 0.25) is 0 Å². The maximum Gasteiger partial charge on any atom is 0.335 e. The van der Waals surface area contributed by atoms with Crippen molar-refractivity contribution in [2.75, 3.05) is 12.0 Å². The van der Waals surface area contributed by atoms with Gasteiger partial charge in [0.25, 0.3) is 11.8 Å². The number of carbonyl (C=O) groups is 3. The van der Waals surface area contributed by atoms with Crippen molar-refractivity contribution in [1.82, 2.24) is 5.32 Å². The molecular weight excluding hydrogens is 440 g/mol. The third-order valence-electron chi connectivity index (χ3n) is 4.07. The fourth-order valence-electron chi connectivity index (χ4n) is 2.77. The van der Waals surface area contributed by atoms with E-state index in [0.29, 0.717) is 22.7 Å². The van der Waals surface area contributed by atoms with Gasteiger partial charge in [0, 0.05) is 10.0 Å². The van der Waals surface area contributed by atoms with E-state index < -0.39 is 17.8 Å². The standard InChI is InChI=1S/C21H19BrN2O5/c1-12(2)29-18-9-4-14(22)10-13(18)11-17-19(25)23-21(27)24(20(17)26)15-5-7-16(28-3)8-6-15/h4-12H,1-3H3,(H,23,25,27)/b17-11+. The zero-order valence-corrected chi connectivity index (χ0v) is 17.6. The van der Waals surface area contributed by atoms with Gasteiger partial charge >= 0.3 is 6.03 Å². The van der Waals surface area contributed by atoms with Crippen LogP contribution in [0.3, 0.4) is 0 Å². The number of nitrogens with zero attached hydrogens (tertiary/aromatic N) is 1.